The fourth-order valence-electron chi connectivity index (χ4n) is 1.74. The molecule has 0 amide bonds. The van der Waals surface area contributed by atoms with Crippen molar-refractivity contribution in [1.82, 2.24) is 4.98 Å². The van der Waals surface area contributed by atoms with Gasteiger partial charge in [0.25, 0.3) is 0 Å². The van der Waals surface area contributed by atoms with Crippen LogP contribution in [0.15, 0.2) is 35.5 Å². The largest absolute Gasteiger partial charge is 0.326 e. The topological polar surface area (TPSA) is 38.9 Å². The van der Waals surface area contributed by atoms with Crippen molar-refractivity contribution in [3.8, 4) is 0 Å². The third-order valence-corrected chi connectivity index (χ3v) is 5.65. The summed E-state index contributed by atoms with van der Waals surface area (Å²) in [6.07, 6.45) is 2.63. The summed E-state index contributed by atoms with van der Waals surface area (Å²) in [5, 5.41) is 1.87. The minimum Gasteiger partial charge on any atom is -0.326 e. The Morgan fingerprint density at radius 3 is 2.68 bits per heavy atom. The number of halogens is 1. The number of aromatic nitrogens is 1. The van der Waals surface area contributed by atoms with Gasteiger partial charge in [0, 0.05) is 22.0 Å². The Morgan fingerprint density at radius 2 is 2.16 bits per heavy atom. The lowest BCUT2D eigenvalue weighted by Crippen LogP contribution is -2.25. The molecule has 0 aliphatic carbocycles. The number of pyridine rings is 1. The highest BCUT2D eigenvalue weighted by Gasteiger charge is 2.22. The van der Waals surface area contributed by atoms with Gasteiger partial charge in [-0.15, -0.1) is 11.3 Å². The molecule has 2 unspecified atom stereocenters. The van der Waals surface area contributed by atoms with Crippen LogP contribution in [0.2, 0.25) is 5.02 Å². The van der Waals surface area contributed by atoms with Crippen molar-refractivity contribution in [3.63, 3.8) is 0 Å². The van der Waals surface area contributed by atoms with Crippen LogP contribution in [0.4, 0.5) is 0 Å². The van der Waals surface area contributed by atoms with Crippen LogP contribution in [-0.2, 0) is 0 Å². The number of rotatable bonds is 5. The lowest BCUT2D eigenvalue weighted by atomic mass is 10.1. The monoisotopic (exact) mass is 312 g/mol. The molecule has 5 heteroatoms. The third kappa shape index (κ3) is 3.96. The van der Waals surface area contributed by atoms with Crippen molar-refractivity contribution in [1.29, 1.82) is 0 Å². The quantitative estimate of drug-likeness (QED) is 0.815. The van der Waals surface area contributed by atoms with E-state index in [0.717, 1.165) is 11.4 Å². The van der Waals surface area contributed by atoms with Gasteiger partial charge in [0.05, 0.1) is 15.3 Å². The predicted molar refractivity (Wildman–Crippen MR) is 85.2 cm³/mol. The zero-order valence-corrected chi connectivity index (χ0v) is 13.4. The summed E-state index contributed by atoms with van der Waals surface area (Å²) in [5.41, 5.74) is 6.27. The highest BCUT2D eigenvalue weighted by Crippen LogP contribution is 2.40. The number of thiophene rings is 1. The molecule has 0 bridgehead atoms. The summed E-state index contributed by atoms with van der Waals surface area (Å²) in [6, 6.07) is 8.25. The van der Waals surface area contributed by atoms with Gasteiger partial charge in [0.1, 0.15) is 0 Å². The number of nitrogens with zero attached hydrogens (tertiary/aromatic N) is 1. The van der Waals surface area contributed by atoms with E-state index in [1.54, 1.807) is 18.0 Å². The summed E-state index contributed by atoms with van der Waals surface area (Å²) >= 11 is 9.38. The first-order chi connectivity index (χ1) is 9.10. The Bertz CT molecular complexity index is 524. The summed E-state index contributed by atoms with van der Waals surface area (Å²) in [6.45, 7) is 4.24. The Balaban J connectivity index is 2.21. The lowest BCUT2D eigenvalue weighted by molar-refractivity contribution is 0.639. The maximum Gasteiger partial charge on any atom is 0.0967 e. The minimum absolute atomic E-state index is 0.125. The van der Waals surface area contributed by atoms with Gasteiger partial charge in [-0.05, 0) is 37.6 Å². The first-order valence-corrected chi connectivity index (χ1v) is 8.27. The minimum atomic E-state index is 0.125. The van der Waals surface area contributed by atoms with E-state index in [4.69, 9.17) is 17.3 Å². The van der Waals surface area contributed by atoms with Crippen molar-refractivity contribution in [2.75, 3.05) is 0 Å². The molecule has 0 aliphatic heterocycles. The fraction of sp³-hybridized carbons (Fsp3) is 0.357. The number of nitrogens with two attached hydrogens (primary N) is 1. The summed E-state index contributed by atoms with van der Waals surface area (Å²) in [5.74, 6) is 0. The number of hydrogen-bond acceptors (Lipinski definition) is 4. The molecule has 102 valence electrons. The molecule has 0 fully saturated rings. The van der Waals surface area contributed by atoms with E-state index < -0.39 is 0 Å². The predicted octanol–water partition coefficient (Wildman–Crippen LogP) is 4.68. The van der Waals surface area contributed by atoms with Crippen molar-refractivity contribution < 1.29 is 0 Å². The van der Waals surface area contributed by atoms with E-state index in [0.29, 0.717) is 5.02 Å². The Kier molecular flexibility index (Phi) is 5.28. The highest BCUT2D eigenvalue weighted by atomic mass is 35.5. The molecule has 2 heterocycles. The summed E-state index contributed by atoms with van der Waals surface area (Å²) in [7, 11) is 0. The van der Waals surface area contributed by atoms with E-state index in [2.05, 4.69) is 31.0 Å². The maximum absolute atomic E-state index is 6.27. The molecule has 0 saturated carbocycles. The Morgan fingerprint density at radius 1 is 1.37 bits per heavy atom. The zero-order valence-electron chi connectivity index (χ0n) is 11.0. The van der Waals surface area contributed by atoms with Gasteiger partial charge < -0.3 is 5.73 Å². The smallest absolute Gasteiger partial charge is 0.0967 e. The molecule has 2 N–H and O–H groups in total. The van der Waals surface area contributed by atoms with Gasteiger partial charge in [-0.2, -0.15) is 0 Å². The van der Waals surface area contributed by atoms with Gasteiger partial charge in [-0.3, -0.25) is 0 Å². The van der Waals surface area contributed by atoms with Crippen LogP contribution in [0.5, 0.6) is 0 Å². The lowest BCUT2D eigenvalue weighted by Gasteiger charge is -2.20. The second kappa shape index (κ2) is 6.75. The maximum atomic E-state index is 6.27. The van der Waals surface area contributed by atoms with Gasteiger partial charge >= 0.3 is 0 Å². The fourth-order valence-corrected chi connectivity index (χ4v) is 4.16. The Hall–Kier alpha value is -0.550. The van der Waals surface area contributed by atoms with Crippen molar-refractivity contribution in [2.24, 2.45) is 5.73 Å². The van der Waals surface area contributed by atoms with E-state index >= 15 is 0 Å². The van der Waals surface area contributed by atoms with Crippen molar-refractivity contribution in [3.05, 3.63) is 45.2 Å². The molecule has 0 aromatic carbocycles. The van der Waals surface area contributed by atoms with Crippen molar-refractivity contribution >= 4 is 34.7 Å². The van der Waals surface area contributed by atoms with Crippen LogP contribution in [0.3, 0.4) is 0 Å². The highest BCUT2D eigenvalue weighted by molar-refractivity contribution is 7.99. The van der Waals surface area contributed by atoms with Crippen LogP contribution < -0.4 is 5.73 Å². The van der Waals surface area contributed by atoms with Gasteiger partial charge in [-0.25, -0.2) is 4.98 Å². The number of thioether (sulfide) groups is 1. The molecular weight excluding hydrogens is 296 g/mol. The van der Waals surface area contributed by atoms with E-state index in [9.17, 15) is 0 Å². The Labute approximate surface area is 127 Å². The van der Waals surface area contributed by atoms with E-state index in [-0.39, 0.29) is 11.3 Å². The molecule has 2 atom stereocenters. The molecule has 0 saturated heterocycles. The zero-order chi connectivity index (χ0) is 13.8. The molecule has 19 heavy (non-hydrogen) atoms. The molecule has 2 nitrogen and oxygen atoms in total. The normalized spacial score (nSPS) is 14.3. The molecule has 0 spiro atoms. The van der Waals surface area contributed by atoms with Crippen LogP contribution in [-0.4, -0.2) is 11.0 Å². The van der Waals surface area contributed by atoms with Crippen LogP contribution in [0, 0.1) is 6.92 Å². The summed E-state index contributed by atoms with van der Waals surface area (Å²) < 4.78 is 0. The average molecular weight is 313 g/mol. The molecule has 2 aromatic rings. The van der Waals surface area contributed by atoms with Crippen LogP contribution in [0.1, 0.15) is 28.3 Å². The second-order valence-electron chi connectivity index (χ2n) is 4.37. The van der Waals surface area contributed by atoms with Gasteiger partial charge in [0.2, 0.25) is 0 Å². The SMILES string of the molecule is CCC(N)C(Sc1ccc(Cl)cn1)c1ccc(C)s1. The first kappa shape index (κ1) is 14.9. The summed E-state index contributed by atoms with van der Waals surface area (Å²) in [4.78, 5) is 6.97. The molecule has 0 radical (unpaired) electrons. The molecule has 0 aliphatic rings. The molecular formula is C14H17ClN2S2. The average Bonchev–Trinajstić information content (AvgIpc) is 2.83. The van der Waals surface area contributed by atoms with Crippen LogP contribution in [0.25, 0.3) is 0 Å². The van der Waals surface area contributed by atoms with E-state index in [1.165, 1.54) is 9.75 Å². The van der Waals surface area contributed by atoms with Gasteiger partial charge in [0.15, 0.2) is 0 Å². The number of aryl methyl sites for hydroxylation is 1. The van der Waals surface area contributed by atoms with E-state index in [1.807, 2.05) is 23.5 Å². The molecule has 2 rings (SSSR count). The van der Waals surface area contributed by atoms with Crippen LogP contribution >= 0.6 is 34.7 Å². The first-order valence-electron chi connectivity index (χ1n) is 6.20. The standard InChI is InChI=1S/C14H17ClN2S2/c1-3-11(16)14(12-6-4-9(2)18-12)19-13-7-5-10(15)8-17-13/h4-8,11,14H,3,16H2,1-2H3. The number of hydrogen-bond donors (Lipinski definition) is 1. The van der Waals surface area contributed by atoms with Gasteiger partial charge in [-0.1, -0.05) is 30.3 Å². The third-order valence-electron chi connectivity index (χ3n) is 2.85. The van der Waals surface area contributed by atoms with Crippen molar-refractivity contribution in [2.45, 2.75) is 36.6 Å². The second-order valence-corrected chi connectivity index (χ2v) is 7.29. The molecule has 2 aromatic heterocycles.